The number of nitrogen functional groups attached to an aromatic ring is 1. The molecule has 5 nitrogen and oxygen atoms in total. The highest BCUT2D eigenvalue weighted by molar-refractivity contribution is 9.10. The van der Waals surface area contributed by atoms with Crippen LogP contribution in [-0.2, 0) is 4.79 Å². The number of benzene rings is 1. The standard InChI is InChI=1S/C13H18BrN3O2/c1-3-4-16-12(18)7-17-13(19)10-5-9(14)6-11(15)8(10)2/h5-6H,3-4,7,15H2,1-2H3,(H,16,18)(H,17,19). The molecule has 0 heterocycles. The molecule has 0 atom stereocenters. The highest BCUT2D eigenvalue weighted by Gasteiger charge is 2.13. The van der Waals surface area contributed by atoms with Crippen LogP contribution in [0.25, 0.3) is 0 Å². The van der Waals surface area contributed by atoms with E-state index in [-0.39, 0.29) is 18.4 Å². The van der Waals surface area contributed by atoms with Gasteiger partial charge in [-0.05, 0) is 31.0 Å². The Morgan fingerprint density at radius 3 is 2.63 bits per heavy atom. The van der Waals surface area contributed by atoms with Crippen LogP contribution >= 0.6 is 15.9 Å². The molecule has 1 aromatic carbocycles. The largest absolute Gasteiger partial charge is 0.398 e. The van der Waals surface area contributed by atoms with Gasteiger partial charge < -0.3 is 16.4 Å². The van der Waals surface area contributed by atoms with E-state index in [0.29, 0.717) is 23.4 Å². The van der Waals surface area contributed by atoms with Gasteiger partial charge in [-0.25, -0.2) is 0 Å². The minimum absolute atomic E-state index is 0.0370. The van der Waals surface area contributed by atoms with Crippen molar-refractivity contribution in [1.82, 2.24) is 10.6 Å². The van der Waals surface area contributed by atoms with Gasteiger partial charge in [0.05, 0.1) is 6.54 Å². The van der Waals surface area contributed by atoms with Crippen LogP contribution in [0, 0.1) is 6.92 Å². The number of amides is 2. The number of rotatable bonds is 5. The Labute approximate surface area is 121 Å². The molecule has 0 saturated heterocycles. The van der Waals surface area contributed by atoms with E-state index in [0.717, 1.165) is 10.9 Å². The summed E-state index contributed by atoms with van der Waals surface area (Å²) in [5.41, 5.74) is 7.50. The Balaban J connectivity index is 2.66. The van der Waals surface area contributed by atoms with E-state index < -0.39 is 0 Å². The molecule has 0 spiro atoms. The third kappa shape index (κ3) is 4.55. The van der Waals surface area contributed by atoms with Gasteiger partial charge in [-0.15, -0.1) is 0 Å². The lowest BCUT2D eigenvalue weighted by atomic mass is 10.1. The van der Waals surface area contributed by atoms with Gasteiger partial charge in [-0.2, -0.15) is 0 Å². The van der Waals surface area contributed by atoms with Crippen molar-refractivity contribution >= 4 is 33.4 Å². The van der Waals surface area contributed by atoms with E-state index in [1.54, 1.807) is 19.1 Å². The number of hydrogen-bond acceptors (Lipinski definition) is 3. The molecule has 104 valence electrons. The number of carbonyl (C=O) groups excluding carboxylic acids is 2. The van der Waals surface area contributed by atoms with Crippen molar-refractivity contribution in [3.63, 3.8) is 0 Å². The Kier molecular flexibility index (Phi) is 5.82. The smallest absolute Gasteiger partial charge is 0.252 e. The van der Waals surface area contributed by atoms with E-state index in [1.165, 1.54) is 0 Å². The third-order valence-corrected chi connectivity index (χ3v) is 3.10. The Morgan fingerprint density at radius 1 is 1.32 bits per heavy atom. The first-order chi connectivity index (χ1) is 8.95. The molecule has 0 aliphatic carbocycles. The van der Waals surface area contributed by atoms with Crippen molar-refractivity contribution in [2.24, 2.45) is 0 Å². The molecule has 4 N–H and O–H groups in total. The first-order valence-electron chi connectivity index (χ1n) is 6.06. The molecule has 1 rings (SSSR count). The maximum absolute atomic E-state index is 12.0. The van der Waals surface area contributed by atoms with Crippen LogP contribution < -0.4 is 16.4 Å². The SMILES string of the molecule is CCCNC(=O)CNC(=O)c1cc(Br)cc(N)c1C. The second kappa shape index (κ2) is 7.13. The average Bonchev–Trinajstić information content (AvgIpc) is 2.37. The van der Waals surface area contributed by atoms with Gasteiger partial charge in [0.2, 0.25) is 5.91 Å². The molecule has 0 radical (unpaired) electrons. The van der Waals surface area contributed by atoms with Gasteiger partial charge in [-0.3, -0.25) is 9.59 Å². The van der Waals surface area contributed by atoms with Gasteiger partial charge in [0, 0.05) is 22.3 Å². The summed E-state index contributed by atoms with van der Waals surface area (Å²) in [6.07, 6.45) is 0.862. The van der Waals surface area contributed by atoms with E-state index in [9.17, 15) is 9.59 Å². The van der Waals surface area contributed by atoms with E-state index in [2.05, 4.69) is 26.6 Å². The average molecular weight is 328 g/mol. The zero-order valence-corrected chi connectivity index (χ0v) is 12.6. The van der Waals surface area contributed by atoms with Crippen LogP contribution in [0.1, 0.15) is 29.3 Å². The molecule has 19 heavy (non-hydrogen) atoms. The summed E-state index contributed by atoms with van der Waals surface area (Å²) >= 11 is 3.29. The Bertz CT molecular complexity index is 489. The van der Waals surface area contributed by atoms with Crippen LogP contribution in [-0.4, -0.2) is 24.9 Å². The molecule has 0 fully saturated rings. The number of hydrogen-bond donors (Lipinski definition) is 3. The van der Waals surface area contributed by atoms with Crippen LogP contribution in [0.15, 0.2) is 16.6 Å². The highest BCUT2D eigenvalue weighted by Crippen LogP contribution is 2.22. The third-order valence-electron chi connectivity index (χ3n) is 2.64. The number of nitrogens with two attached hydrogens (primary N) is 1. The number of nitrogens with one attached hydrogen (secondary N) is 2. The summed E-state index contributed by atoms with van der Waals surface area (Å²) in [6.45, 7) is 4.31. The molecule has 0 aliphatic rings. The van der Waals surface area contributed by atoms with Crippen molar-refractivity contribution in [3.8, 4) is 0 Å². The summed E-state index contributed by atoms with van der Waals surface area (Å²) in [6, 6.07) is 3.42. The zero-order valence-electron chi connectivity index (χ0n) is 11.0. The van der Waals surface area contributed by atoms with Crippen LogP contribution in [0.3, 0.4) is 0 Å². The Morgan fingerprint density at radius 2 is 2.00 bits per heavy atom. The number of halogens is 1. The van der Waals surface area contributed by atoms with Crippen molar-refractivity contribution in [2.75, 3.05) is 18.8 Å². The Hall–Kier alpha value is -1.56. The number of carbonyl (C=O) groups is 2. The minimum Gasteiger partial charge on any atom is -0.398 e. The van der Waals surface area contributed by atoms with Crippen LogP contribution in [0.5, 0.6) is 0 Å². The molecule has 2 amide bonds. The molecular formula is C13H18BrN3O2. The number of anilines is 1. The van der Waals surface area contributed by atoms with Gasteiger partial charge in [0.15, 0.2) is 0 Å². The van der Waals surface area contributed by atoms with Crippen molar-refractivity contribution in [2.45, 2.75) is 20.3 Å². The van der Waals surface area contributed by atoms with Crippen LogP contribution in [0.2, 0.25) is 0 Å². The van der Waals surface area contributed by atoms with Gasteiger partial charge >= 0.3 is 0 Å². The predicted molar refractivity (Wildman–Crippen MR) is 78.9 cm³/mol. The molecule has 0 aliphatic heterocycles. The summed E-state index contributed by atoms with van der Waals surface area (Å²) in [4.78, 5) is 23.4. The maximum Gasteiger partial charge on any atom is 0.252 e. The molecule has 0 saturated carbocycles. The predicted octanol–water partition coefficient (Wildman–Crippen LogP) is 1.60. The van der Waals surface area contributed by atoms with Gasteiger partial charge in [0.25, 0.3) is 5.91 Å². The molecule has 0 aromatic heterocycles. The van der Waals surface area contributed by atoms with Crippen molar-refractivity contribution in [1.29, 1.82) is 0 Å². The second-order valence-electron chi connectivity index (χ2n) is 4.20. The molecule has 0 bridgehead atoms. The maximum atomic E-state index is 12.0. The van der Waals surface area contributed by atoms with Crippen LogP contribution in [0.4, 0.5) is 5.69 Å². The molecule has 0 unspecified atom stereocenters. The first kappa shape index (κ1) is 15.5. The summed E-state index contributed by atoms with van der Waals surface area (Å²) in [5, 5.41) is 5.26. The second-order valence-corrected chi connectivity index (χ2v) is 5.12. The minimum atomic E-state index is -0.308. The molecular weight excluding hydrogens is 310 g/mol. The lowest BCUT2D eigenvalue weighted by molar-refractivity contribution is -0.120. The fraction of sp³-hybridized carbons (Fsp3) is 0.385. The fourth-order valence-electron chi connectivity index (χ4n) is 1.52. The van der Waals surface area contributed by atoms with Gasteiger partial charge in [-0.1, -0.05) is 22.9 Å². The topological polar surface area (TPSA) is 84.2 Å². The first-order valence-corrected chi connectivity index (χ1v) is 6.85. The van der Waals surface area contributed by atoms with Gasteiger partial charge in [0.1, 0.15) is 0 Å². The molecule has 6 heteroatoms. The fourth-order valence-corrected chi connectivity index (χ4v) is 1.99. The van der Waals surface area contributed by atoms with E-state index in [1.807, 2.05) is 6.92 Å². The highest BCUT2D eigenvalue weighted by atomic mass is 79.9. The van der Waals surface area contributed by atoms with Crippen molar-refractivity contribution in [3.05, 3.63) is 27.7 Å². The van der Waals surface area contributed by atoms with Crippen molar-refractivity contribution < 1.29 is 9.59 Å². The normalized spacial score (nSPS) is 10.1. The summed E-state index contributed by atoms with van der Waals surface area (Å²) < 4.78 is 0.733. The zero-order chi connectivity index (χ0) is 14.4. The lowest BCUT2D eigenvalue weighted by Gasteiger charge is -2.10. The lowest BCUT2D eigenvalue weighted by Crippen LogP contribution is -2.37. The summed E-state index contributed by atoms with van der Waals surface area (Å²) in [7, 11) is 0. The molecule has 1 aromatic rings. The van der Waals surface area contributed by atoms with E-state index in [4.69, 9.17) is 5.73 Å². The van der Waals surface area contributed by atoms with E-state index >= 15 is 0 Å². The monoisotopic (exact) mass is 327 g/mol. The quantitative estimate of drug-likeness (QED) is 0.718. The summed E-state index contributed by atoms with van der Waals surface area (Å²) in [5.74, 6) is -0.507.